The summed E-state index contributed by atoms with van der Waals surface area (Å²) < 4.78 is 5.17. The van der Waals surface area contributed by atoms with Gasteiger partial charge in [0.05, 0.1) is 12.7 Å². The SMILES string of the molecule is CCN(CC)CCCNC(=O)c1cc(Cl)ccc1OC. The number of nitrogens with zero attached hydrogens (tertiary/aromatic N) is 1. The number of amides is 1. The lowest BCUT2D eigenvalue weighted by molar-refractivity contribution is 0.0949. The predicted molar refractivity (Wildman–Crippen MR) is 82.7 cm³/mol. The topological polar surface area (TPSA) is 41.6 Å². The molecule has 0 bridgehead atoms. The van der Waals surface area contributed by atoms with Crippen molar-refractivity contribution < 1.29 is 9.53 Å². The van der Waals surface area contributed by atoms with Gasteiger partial charge < -0.3 is 15.0 Å². The Morgan fingerprint density at radius 2 is 2.05 bits per heavy atom. The Morgan fingerprint density at radius 1 is 1.35 bits per heavy atom. The van der Waals surface area contributed by atoms with E-state index in [1.165, 1.54) is 0 Å². The fraction of sp³-hybridized carbons (Fsp3) is 0.533. The second-order valence-electron chi connectivity index (χ2n) is 4.48. The minimum absolute atomic E-state index is 0.149. The van der Waals surface area contributed by atoms with E-state index in [9.17, 15) is 4.79 Å². The van der Waals surface area contributed by atoms with E-state index >= 15 is 0 Å². The number of ether oxygens (including phenoxy) is 1. The molecule has 0 saturated heterocycles. The van der Waals surface area contributed by atoms with Gasteiger partial charge in [-0.3, -0.25) is 4.79 Å². The van der Waals surface area contributed by atoms with Crippen LogP contribution in [0.5, 0.6) is 5.75 Å². The van der Waals surface area contributed by atoms with Crippen LogP contribution in [-0.4, -0.2) is 44.1 Å². The summed E-state index contributed by atoms with van der Waals surface area (Å²) in [6, 6.07) is 5.03. The second kappa shape index (κ2) is 8.82. The maximum absolute atomic E-state index is 12.1. The molecule has 1 aromatic carbocycles. The quantitative estimate of drug-likeness (QED) is 0.750. The normalized spacial score (nSPS) is 10.7. The summed E-state index contributed by atoms with van der Waals surface area (Å²) in [5, 5.41) is 3.43. The van der Waals surface area contributed by atoms with E-state index in [2.05, 4.69) is 24.1 Å². The van der Waals surface area contributed by atoms with Crippen molar-refractivity contribution >= 4 is 17.5 Å². The summed E-state index contributed by atoms with van der Waals surface area (Å²) >= 11 is 5.92. The van der Waals surface area contributed by atoms with Gasteiger partial charge in [-0.2, -0.15) is 0 Å². The summed E-state index contributed by atoms with van der Waals surface area (Å²) in [5.41, 5.74) is 0.475. The summed E-state index contributed by atoms with van der Waals surface area (Å²) in [6.07, 6.45) is 0.927. The highest BCUT2D eigenvalue weighted by molar-refractivity contribution is 6.31. The van der Waals surface area contributed by atoms with Gasteiger partial charge in [0, 0.05) is 11.6 Å². The molecule has 1 N–H and O–H groups in total. The molecule has 5 heteroatoms. The molecular weight excluding hydrogens is 276 g/mol. The molecule has 0 spiro atoms. The lowest BCUT2D eigenvalue weighted by atomic mass is 10.2. The monoisotopic (exact) mass is 298 g/mol. The van der Waals surface area contributed by atoms with Crippen LogP contribution in [0.2, 0.25) is 5.02 Å². The Balaban J connectivity index is 2.49. The summed E-state index contributed by atoms with van der Waals surface area (Å²) in [4.78, 5) is 14.4. The molecule has 0 aliphatic rings. The second-order valence-corrected chi connectivity index (χ2v) is 4.92. The zero-order chi connectivity index (χ0) is 15.0. The van der Waals surface area contributed by atoms with Gasteiger partial charge in [0.25, 0.3) is 5.91 Å². The average molecular weight is 299 g/mol. The third-order valence-corrected chi connectivity index (χ3v) is 3.47. The predicted octanol–water partition coefficient (Wildman–Crippen LogP) is 2.81. The van der Waals surface area contributed by atoms with Crippen LogP contribution >= 0.6 is 11.6 Å². The van der Waals surface area contributed by atoms with Crippen LogP contribution in [0.1, 0.15) is 30.6 Å². The highest BCUT2D eigenvalue weighted by atomic mass is 35.5. The van der Waals surface area contributed by atoms with E-state index in [1.54, 1.807) is 25.3 Å². The third-order valence-electron chi connectivity index (χ3n) is 3.24. The van der Waals surface area contributed by atoms with Gasteiger partial charge in [0.15, 0.2) is 0 Å². The number of hydrogen-bond acceptors (Lipinski definition) is 3. The van der Waals surface area contributed by atoms with Crippen LogP contribution in [0.3, 0.4) is 0 Å². The minimum Gasteiger partial charge on any atom is -0.496 e. The van der Waals surface area contributed by atoms with Crippen molar-refractivity contribution in [1.29, 1.82) is 0 Å². The first kappa shape index (κ1) is 16.8. The Kier molecular flexibility index (Phi) is 7.41. The van der Waals surface area contributed by atoms with Gasteiger partial charge in [0.2, 0.25) is 0 Å². The first-order valence-electron chi connectivity index (χ1n) is 6.96. The van der Waals surface area contributed by atoms with Crippen LogP contribution < -0.4 is 10.1 Å². The van der Waals surface area contributed by atoms with Crippen molar-refractivity contribution in [3.05, 3.63) is 28.8 Å². The Morgan fingerprint density at radius 3 is 2.65 bits per heavy atom. The van der Waals surface area contributed by atoms with E-state index in [-0.39, 0.29) is 5.91 Å². The molecule has 0 atom stereocenters. The molecule has 1 amide bonds. The number of nitrogens with one attached hydrogen (secondary N) is 1. The number of halogens is 1. The highest BCUT2D eigenvalue weighted by Crippen LogP contribution is 2.22. The molecule has 0 aliphatic carbocycles. The first-order valence-corrected chi connectivity index (χ1v) is 7.34. The Labute approximate surface area is 126 Å². The van der Waals surface area contributed by atoms with E-state index in [0.29, 0.717) is 22.9 Å². The van der Waals surface area contributed by atoms with Gasteiger partial charge in [0.1, 0.15) is 5.75 Å². The largest absolute Gasteiger partial charge is 0.496 e. The maximum atomic E-state index is 12.1. The molecule has 20 heavy (non-hydrogen) atoms. The zero-order valence-electron chi connectivity index (χ0n) is 12.4. The molecule has 0 saturated carbocycles. The van der Waals surface area contributed by atoms with Crippen molar-refractivity contribution in [2.24, 2.45) is 0 Å². The Bertz CT molecular complexity index is 434. The number of benzene rings is 1. The van der Waals surface area contributed by atoms with Gasteiger partial charge >= 0.3 is 0 Å². The number of hydrogen-bond donors (Lipinski definition) is 1. The van der Waals surface area contributed by atoms with Crippen LogP contribution in [0, 0.1) is 0 Å². The van der Waals surface area contributed by atoms with Gasteiger partial charge in [-0.25, -0.2) is 0 Å². The van der Waals surface area contributed by atoms with Gasteiger partial charge in [-0.05, 0) is 44.3 Å². The third kappa shape index (κ3) is 5.02. The number of rotatable bonds is 8. The maximum Gasteiger partial charge on any atom is 0.255 e. The standard InChI is InChI=1S/C15H23ClN2O2/c1-4-18(5-2)10-6-9-17-15(19)13-11-12(16)7-8-14(13)20-3/h7-8,11H,4-6,9-10H2,1-3H3,(H,17,19). The van der Waals surface area contributed by atoms with Gasteiger partial charge in [-0.15, -0.1) is 0 Å². The molecule has 0 heterocycles. The molecule has 1 rings (SSSR count). The van der Waals surface area contributed by atoms with E-state index in [1.807, 2.05) is 0 Å². The molecule has 0 radical (unpaired) electrons. The van der Waals surface area contributed by atoms with Crippen LogP contribution in [0.15, 0.2) is 18.2 Å². The van der Waals surface area contributed by atoms with Crippen molar-refractivity contribution in [1.82, 2.24) is 10.2 Å². The van der Waals surface area contributed by atoms with Crippen LogP contribution in [0.25, 0.3) is 0 Å². The molecular formula is C15H23ClN2O2. The van der Waals surface area contributed by atoms with Crippen molar-refractivity contribution in [2.45, 2.75) is 20.3 Å². The molecule has 1 aromatic rings. The fourth-order valence-corrected chi connectivity index (χ4v) is 2.17. The minimum atomic E-state index is -0.149. The summed E-state index contributed by atoms with van der Waals surface area (Å²) in [7, 11) is 1.54. The van der Waals surface area contributed by atoms with Crippen molar-refractivity contribution in [2.75, 3.05) is 33.3 Å². The average Bonchev–Trinajstić information content (AvgIpc) is 2.47. The molecule has 112 valence electrons. The van der Waals surface area contributed by atoms with E-state index in [4.69, 9.17) is 16.3 Å². The zero-order valence-corrected chi connectivity index (χ0v) is 13.2. The molecule has 0 unspecified atom stereocenters. The van der Waals surface area contributed by atoms with E-state index in [0.717, 1.165) is 26.1 Å². The molecule has 0 aromatic heterocycles. The van der Waals surface area contributed by atoms with E-state index < -0.39 is 0 Å². The summed E-state index contributed by atoms with van der Waals surface area (Å²) in [5.74, 6) is 0.388. The lowest BCUT2D eigenvalue weighted by Gasteiger charge is -2.17. The Hall–Kier alpha value is -1.26. The lowest BCUT2D eigenvalue weighted by Crippen LogP contribution is -2.30. The number of carbonyl (C=O) groups excluding carboxylic acids is 1. The smallest absolute Gasteiger partial charge is 0.255 e. The summed E-state index contributed by atoms with van der Waals surface area (Å²) in [6.45, 7) is 7.97. The number of methoxy groups -OCH3 is 1. The van der Waals surface area contributed by atoms with Crippen LogP contribution in [0.4, 0.5) is 0 Å². The van der Waals surface area contributed by atoms with Gasteiger partial charge in [-0.1, -0.05) is 25.4 Å². The highest BCUT2D eigenvalue weighted by Gasteiger charge is 2.12. The fourth-order valence-electron chi connectivity index (χ4n) is 2.00. The number of carbonyl (C=O) groups is 1. The first-order chi connectivity index (χ1) is 9.62. The molecule has 0 aliphatic heterocycles. The molecule has 0 fully saturated rings. The molecule has 4 nitrogen and oxygen atoms in total. The van der Waals surface area contributed by atoms with Crippen molar-refractivity contribution in [3.8, 4) is 5.75 Å². The van der Waals surface area contributed by atoms with Crippen molar-refractivity contribution in [3.63, 3.8) is 0 Å². The van der Waals surface area contributed by atoms with Crippen LogP contribution in [-0.2, 0) is 0 Å².